The summed E-state index contributed by atoms with van der Waals surface area (Å²) in [5.74, 6) is -0.410. The van der Waals surface area contributed by atoms with E-state index in [1.54, 1.807) is 6.92 Å². The summed E-state index contributed by atoms with van der Waals surface area (Å²) in [7, 11) is -3.80. The molecule has 7 heteroatoms. The molecule has 0 aliphatic rings. The summed E-state index contributed by atoms with van der Waals surface area (Å²) in [5, 5.41) is 4.92. The van der Waals surface area contributed by atoms with Crippen LogP contribution in [0.5, 0.6) is 0 Å². The fourth-order valence-corrected chi connectivity index (χ4v) is 1.53. The van der Waals surface area contributed by atoms with Gasteiger partial charge in [-0.3, -0.25) is 0 Å². The van der Waals surface area contributed by atoms with Crippen LogP contribution in [0, 0.1) is 5.92 Å². The molecule has 1 unspecified atom stereocenters. The number of esters is 1. The molecule has 1 aromatic heterocycles. The molecule has 1 aromatic rings. The van der Waals surface area contributed by atoms with Crippen molar-refractivity contribution < 1.29 is 17.9 Å². The molecule has 6 nitrogen and oxygen atoms in total. The lowest BCUT2D eigenvalue weighted by molar-refractivity contribution is 0.0232. The number of hydrogen-bond donors (Lipinski definition) is 2. The van der Waals surface area contributed by atoms with Crippen LogP contribution in [0.4, 0.5) is 0 Å². The largest absolute Gasteiger partial charge is 0.458 e. The molecule has 3 N–H and O–H groups in total. The maximum atomic E-state index is 11.6. The third kappa shape index (κ3) is 3.57. The summed E-state index contributed by atoms with van der Waals surface area (Å²) in [6, 6.07) is 1.16. The molecule has 1 heterocycles. The summed E-state index contributed by atoms with van der Waals surface area (Å²) < 4.78 is 27.1. The Morgan fingerprint density at radius 3 is 2.41 bits per heavy atom. The van der Waals surface area contributed by atoms with Gasteiger partial charge in [-0.1, -0.05) is 13.8 Å². The number of aromatic amines is 1. The normalized spacial score (nSPS) is 13.7. The molecule has 17 heavy (non-hydrogen) atoms. The Balaban J connectivity index is 2.81. The lowest BCUT2D eigenvalue weighted by atomic mass is 10.1. The maximum absolute atomic E-state index is 11.6. The molecule has 0 bridgehead atoms. The minimum atomic E-state index is -3.80. The molecule has 1 rings (SSSR count). The Bertz CT molecular complexity index is 504. The summed E-state index contributed by atoms with van der Waals surface area (Å²) >= 11 is 0. The molecular weight excluding hydrogens is 244 g/mol. The summed E-state index contributed by atoms with van der Waals surface area (Å²) in [6.07, 6.45) is 0.912. The highest BCUT2D eigenvalue weighted by Crippen LogP contribution is 2.12. The van der Waals surface area contributed by atoms with E-state index < -0.39 is 16.0 Å². The van der Waals surface area contributed by atoms with Gasteiger partial charge in [-0.05, 0) is 18.9 Å². The van der Waals surface area contributed by atoms with Crippen LogP contribution in [-0.2, 0) is 14.8 Å². The second-order valence-corrected chi connectivity index (χ2v) is 5.71. The van der Waals surface area contributed by atoms with Crippen molar-refractivity contribution in [3.05, 3.63) is 18.0 Å². The quantitative estimate of drug-likeness (QED) is 0.784. The highest BCUT2D eigenvalue weighted by molar-refractivity contribution is 7.89. The average molecular weight is 260 g/mol. The standard InChI is InChI=1S/C10H16N2O4S/c1-6(2)7(3)16-10(13)9-4-8(5-12-9)17(11,14)15/h4-7,12H,1-3H3,(H2,11,14,15). The van der Waals surface area contributed by atoms with Crippen molar-refractivity contribution in [2.75, 3.05) is 0 Å². The van der Waals surface area contributed by atoms with E-state index in [9.17, 15) is 13.2 Å². The van der Waals surface area contributed by atoms with E-state index >= 15 is 0 Å². The van der Waals surface area contributed by atoms with Crippen LogP contribution < -0.4 is 5.14 Å². The number of carbonyl (C=O) groups is 1. The predicted molar refractivity (Wildman–Crippen MR) is 61.9 cm³/mol. The minimum absolute atomic E-state index is 0.0709. The summed E-state index contributed by atoms with van der Waals surface area (Å²) in [4.78, 5) is 14.0. The van der Waals surface area contributed by atoms with E-state index in [1.807, 2.05) is 13.8 Å². The van der Waals surface area contributed by atoms with Gasteiger partial charge >= 0.3 is 5.97 Å². The second-order valence-electron chi connectivity index (χ2n) is 4.15. The number of carbonyl (C=O) groups excluding carboxylic acids is 1. The van der Waals surface area contributed by atoms with Gasteiger partial charge in [0.05, 0.1) is 0 Å². The highest BCUT2D eigenvalue weighted by Gasteiger charge is 2.18. The Morgan fingerprint density at radius 2 is 2.00 bits per heavy atom. The van der Waals surface area contributed by atoms with Crippen LogP contribution in [0.1, 0.15) is 31.3 Å². The van der Waals surface area contributed by atoms with E-state index in [-0.39, 0.29) is 22.6 Å². The zero-order chi connectivity index (χ0) is 13.2. The summed E-state index contributed by atoms with van der Waals surface area (Å²) in [6.45, 7) is 5.61. The molecule has 1 atom stereocenters. The SMILES string of the molecule is CC(C)C(C)OC(=O)c1cc(S(N)(=O)=O)c[nH]1. The van der Waals surface area contributed by atoms with E-state index in [2.05, 4.69) is 4.98 Å². The van der Waals surface area contributed by atoms with Gasteiger partial charge < -0.3 is 9.72 Å². The van der Waals surface area contributed by atoms with E-state index in [0.29, 0.717) is 0 Å². The van der Waals surface area contributed by atoms with Gasteiger partial charge in [0.1, 0.15) is 16.7 Å². The van der Waals surface area contributed by atoms with Crippen LogP contribution in [-0.4, -0.2) is 25.5 Å². The molecule has 0 aromatic carbocycles. The summed E-state index contributed by atoms with van der Waals surface area (Å²) in [5.41, 5.74) is 0.0709. The van der Waals surface area contributed by atoms with Gasteiger partial charge in [-0.2, -0.15) is 0 Å². The van der Waals surface area contributed by atoms with Gasteiger partial charge in [0.2, 0.25) is 10.0 Å². The van der Waals surface area contributed by atoms with Crippen molar-refractivity contribution in [1.29, 1.82) is 0 Å². The number of nitrogens with two attached hydrogens (primary N) is 1. The van der Waals surface area contributed by atoms with E-state index in [1.165, 1.54) is 0 Å². The first-order valence-electron chi connectivity index (χ1n) is 5.14. The smallest absolute Gasteiger partial charge is 0.355 e. The Kier molecular flexibility index (Phi) is 3.94. The fourth-order valence-electron chi connectivity index (χ4n) is 1.02. The number of primary sulfonamides is 1. The number of ether oxygens (including phenoxy) is 1. The van der Waals surface area contributed by atoms with Crippen LogP contribution >= 0.6 is 0 Å². The van der Waals surface area contributed by atoms with E-state index in [4.69, 9.17) is 9.88 Å². The molecule has 0 fully saturated rings. The minimum Gasteiger partial charge on any atom is -0.458 e. The maximum Gasteiger partial charge on any atom is 0.355 e. The van der Waals surface area contributed by atoms with E-state index in [0.717, 1.165) is 12.3 Å². The van der Waals surface area contributed by atoms with Crippen molar-refractivity contribution in [2.45, 2.75) is 31.8 Å². The third-order valence-electron chi connectivity index (χ3n) is 2.44. The van der Waals surface area contributed by atoms with Crippen molar-refractivity contribution in [3.63, 3.8) is 0 Å². The number of sulfonamides is 1. The molecule has 0 spiro atoms. The zero-order valence-electron chi connectivity index (χ0n) is 9.93. The lowest BCUT2D eigenvalue weighted by Gasteiger charge is -2.15. The monoisotopic (exact) mass is 260 g/mol. The molecule has 0 saturated heterocycles. The second kappa shape index (κ2) is 4.89. The number of nitrogens with one attached hydrogen (secondary N) is 1. The Labute approximate surface area is 100 Å². The molecule has 96 valence electrons. The highest BCUT2D eigenvalue weighted by atomic mass is 32.2. The molecule has 0 radical (unpaired) electrons. The molecule has 0 saturated carbocycles. The van der Waals surface area contributed by atoms with Crippen LogP contribution in [0.2, 0.25) is 0 Å². The number of rotatable bonds is 4. The van der Waals surface area contributed by atoms with Crippen molar-refractivity contribution >= 4 is 16.0 Å². The van der Waals surface area contributed by atoms with Crippen LogP contribution in [0.15, 0.2) is 17.2 Å². The third-order valence-corrected chi connectivity index (χ3v) is 3.33. The predicted octanol–water partition coefficient (Wildman–Crippen LogP) is 0.863. The van der Waals surface area contributed by atoms with Crippen molar-refractivity contribution in [1.82, 2.24) is 4.98 Å². The van der Waals surface area contributed by atoms with Crippen molar-refractivity contribution in [2.24, 2.45) is 11.1 Å². The van der Waals surface area contributed by atoms with Crippen LogP contribution in [0.3, 0.4) is 0 Å². The topological polar surface area (TPSA) is 102 Å². The fraction of sp³-hybridized carbons (Fsp3) is 0.500. The first-order valence-corrected chi connectivity index (χ1v) is 6.68. The van der Waals surface area contributed by atoms with Gasteiger partial charge in [0, 0.05) is 6.20 Å². The number of aromatic nitrogens is 1. The molecular formula is C10H16N2O4S. The zero-order valence-corrected chi connectivity index (χ0v) is 10.7. The van der Waals surface area contributed by atoms with Gasteiger partial charge in [-0.25, -0.2) is 18.4 Å². The van der Waals surface area contributed by atoms with Gasteiger partial charge in [0.15, 0.2) is 0 Å². The van der Waals surface area contributed by atoms with Crippen molar-refractivity contribution in [3.8, 4) is 0 Å². The molecule has 0 amide bonds. The first kappa shape index (κ1) is 13.7. The molecule has 0 aliphatic heterocycles. The Morgan fingerprint density at radius 1 is 1.41 bits per heavy atom. The van der Waals surface area contributed by atoms with Gasteiger partial charge in [-0.15, -0.1) is 0 Å². The number of hydrogen-bond acceptors (Lipinski definition) is 4. The number of H-pyrrole nitrogens is 1. The molecule has 0 aliphatic carbocycles. The Hall–Kier alpha value is -1.34. The van der Waals surface area contributed by atoms with Gasteiger partial charge in [0.25, 0.3) is 0 Å². The lowest BCUT2D eigenvalue weighted by Crippen LogP contribution is -2.20. The average Bonchev–Trinajstić information content (AvgIpc) is 2.65. The van der Waals surface area contributed by atoms with Crippen LogP contribution in [0.25, 0.3) is 0 Å². The first-order chi connectivity index (χ1) is 7.71.